The predicted octanol–water partition coefficient (Wildman–Crippen LogP) is -0.455. The molecule has 0 aromatic carbocycles. The molecule has 1 rings (SSSR count). The van der Waals surface area contributed by atoms with E-state index in [2.05, 4.69) is 0 Å². The number of aromatic nitrogens is 1. The van der Waals surface area contributed by atoms with Crippen molar-refractivity contribution in [2.75, 3.05) is 13.6 Å². The van der Waals surface area contributed by atoms with Crippen molar-refractivity contribution in [1.82, 2.24) is 9.47 Å². The topological polar surface area (TPSA) is 120 Å². The van der Waals surface area contributed by atoms with Gasteiger partial charge in [0.2, 0.25) is 5.43 Å². The second-order valence-corrected chi connectivity index (χ2v) is 4.42. The average molecular weight is 284 g/mol. The fourth-order valence-electron chi connectivity index (χ4n) is 1.73. The van der Waals surface area contributed by atoms with Gasteiger partial charge in [-0.1, -0.05) is 0 Å². The molecule has 1 aromatic heterocycles. The third kappa shape index (κ3) is 4.73. The van der Waals surface area contributed by atoms with E-state index in [1.807, 2.05) is 0 Å². The van der Waals surface area contributed by atoms with Gasteiger partial charge in [0.05, 0.1) is 19.2 Å². The first-order valence-corrected chi connectivity index (χ1v) is 5.84. The van der Waals surface area contributed by atoms with E-state index < -0.39 is 23.1 Å². The summed E-state index contributed by atoms with van der Waals surface area (Å²) in [5.74, 6) is -2.49. The first kappa shape index (κ1) is 15.7. The zero-order chi connectivity index (χ0) is 15.3. The van der Waals surface area contributed by atoms with Crippen LogP contribution in [0.25, 0.3) is 0 Å². The minimum absolute atomic E-state index is 0.0828. The molecule has 0 unspecified atom stereocenters. The van der Waals surface area contributed by atoms with Crippen molar-refractivity contribution in [2.45, 2.75) is 19.5 Å². The summed E-state index contributed by atoms with van der Waals surface area (Å²) in [4.78, 5) is 34.1. The zero-order valence-electron chi connectivity index (χ0n) is 10.9. The van der Waals surface area contributed by atoms with E-state index >= 15 is 0 Å². The van der Waals surface area contributed by atoms with Crippen LogP contribution in [0.15, 0.2) is 17.1 Å². The summed E-state index contributed by atoms with van der Waals surface area (Å²) in [7, 11) is 1.56. The second-order valence-electron chi connectivity index (χ2n) is 4.42. The summed E-state index contributed by atoms with van der Waals surface area (Å²) < 4.78 is 1.43. The van der Waals surface area contributed by atoms with Gasteiger partial charge in [-0.3, -0.25) is 19.3 Å². The van der Waals surface area contributed by atoms with Gasteiger partial charge in [0.1, 0.15) is 0 Å². The highest BCUT2D eigenvalue weighted by Crippen LogP contribution is 2.08. The van der Waals surface area contributed by atoms with Crippen molar-refractivity contribution >= 4 is 11.9 Å². The number of carboxylic acid groups (broad SMARTS) is 2. The average Bonchev–Trinajstić information content (AvgIpc) is 2.30. The van der Waals surface area contributed by atoms with E-state index in [1.165, 1.54) is 15.5 Å². The number of pyridine rings is 1. The summed E-state index contributed by atoms with van der Waals surface area (Å²) in [6.45, 7) is 0.0227. The Morgan fingerprint density at radius 3 is 2.50 bits per heavy atom. The standard InChI is InChI=1S/C12H16N2O6/c1-13(7-12(19)20)5-8-4-9(15)10(16)6-14(8)3-2-11(17)18/h4,6,16H,2-3,5,7H2,1H3,(H,17,18)(H,19,20). The third-order valence-corrected chi connectivity index (χ3v) is 2.60. The Kier molecular flexibility index (Phi) is 5.27. The van der Waals surface area contributed by atoms with Gasteiger partial charge in [0.15, 0.2) is 5.75 Å². The van der Waals surface area contributed by atoms with Crippen LogP contribution in [0.2, 0.25) is 0 Å². The van der Waals surface area contributed by atoms with E-state index in [-0.39, 0.29) is 26.1 Å². The number of aromatic hydroxyl groups is 1. The number of carbonyl (C=O) groups is 2. The maximum Gasteiger partial charge on any atom is 0.317 e. The van der Waals surface area contributed by atoms with Gasteiger partial charge in [0.25, 0.3) is 0 Å². The molecule has 0 bridgehead atoms. The molecule has 1 heterocycles. The van der Waals surface area contributed by atoms with Gasteiger partial charge >= 0.3 is 11.9 Å². The fourth-order valence-corrected chi connectivity index (χ4v) is 1.73. The molecule has 0 aliphatic rings. The van der Waals surface area contributed by atoms with E-state index in [9.17, 15) is 19.5 Å². The van der Waals surface area contributed by atoms with Crippen LogP contribution in [0, 0.1) is 0 Å². The number of aliphatic carboxylic acids is 2. The van der Waals surface area contributed by atoms with Gasteiger partial charge in [-0.25, -0.2) is 0 Å². The van der Waals surface area contributed by atoms with Crippen LogP contribution in [0.5, 0.6) is 5.75 Å². The lowest BCUT2D eigenvalue weighted by atomic mass is 10.2. The fraction of sp³-hybridized carbons (Fsp3) is 0.417. The predicted molar refractivity (Wildman–Crippen MR) is 68.6 cm³/mol. The Balaban J connectivity index is 2.96. The van der Waals surface area contributed by atoms with Gasteiger partial charge in [-0.2, -0.15) is 0 Å². The van der Waals surface area contributed by atoms with Gasteiger partial charge in [-0.05, 0) is 7.05 Å². The molecule has 110 valence electrons. The first-order valence-electron chi connectivity index (χ1n) is 5.84. The van der Waals surface area contributed by atoms with Crippen molar-refractivity contribution in [3.63, 3.8) is 0 Å². The Morgan fingerprint density at radius 1 is 1.30 bits per heavy atom. The van der Waals surface area contributed by atoms with Crippen molar-refractivity contribution < 1.29 is 24.9 Å². The van der Waals surface area contributed by atoms with Crippen LogP contribution in [0.3, 0.4) is 0 Å². The molecule has 0 aliphatic carbocycles. The number of rotatable bonds is 7. The lowest BCUT2D eigenvalue weighted by Crippen LogP contribution is -2.27. The molecule has 0 radical (unpaired) electrons. The number of carboxylic acids is 2. The minimum Gasteiger partial charge on any atom is -0.503 e. The van der Waals surface area contributed by atoms with E-state index in [1.54, 1.807) is 7.05 Å². The van der Waals surface area contributed by atoms with E-state index in [0.717, 1.165) is 6.20 Å². The molecule has 0 amide bonds. The summed E-state index contributed by atoms with van der Waals surface area (Å²) in [6.07, 6.45) is 0.993. The summed E-state index contributed by atoms with van der Waals surface area (Å²) >= 11 is 0. The number of nitrogens with zero attached hydrogens (tertiary/aromatic N) is 2. The van der Waals surface area contributed by atoms with Crippen molar-refractivity contribution in [3.8, 4) is 5.75 Å². The van der Waals surface area contributed by atoms with Crippen molar-refractivity contribution in [2.24, 2.45) is 0 Å². The Hall–Kier alpha value is -2.35. The first-order chi connectivity index (χ1) is 9.29. The lowest BCUT2D eigenvalue weighted by Gasteiger charge is -2.18. The van der Waals surface area contributed by atoms with Gasteiger partial charge in [-0.15, -0.1) is 0 Å². The highest BCUT2D eigenvalue weighted by molar-refractivity contribution is 5.69. The number of hydrogen-bond acceptors (Lipinski definition) is 5. The van der Waals surface area contributed by atoms with Crippen LogP contribution in [0.4, 0.5) is 0 Å². The van der Waals surface area contributed by atoms with E-state index in [4.69, 9.17) is 10.2 Å². The molecule has 0 aliphatic heterocycles. The van der Waals surface area contributed by atoms with Crippen LogP contribution >= 0.6 is 0 Å². The Bertz CT molecular complexity index is 566. The van der Waals surface area contributed by atoms with Crippen molar-refractivity contribution in [1.29, 1.82) is 0 Å². The monoisotopic (exact) mass is 284 g/mol. The summed E-state index contributed by atoms with van der Waals surface area (Å²) in [6, 6.07) is 1.18. The van der Waals surface area contributed by atoms with Gasteiger partial charge < -0.3 is 19.9 Å². The highest BCUT2D eigenvalue weighted by atomic mass is 16.4. The number of hydrogen-bond donors (Lipinski definition) is 3. The molecular weight excluding hydrogens is 268 g/mol. The minimum atomic E-state index is -1.01. The van der Waals surface area contributed by atoms with Crippen LogP contribution in [-0.2, 0) is 22.7 Å². The molecule has 20 heavy (non-hydrogen) atoms. The Labute approximate surface area is 114 Å². The summed E-state index contributed by atoms with van der Waals surface area (Å²) in [5, 5.41) is 26.7. The highest BCUT2D eigenvalue weighted by Gasteiger charge is 2.11. The maximum atomic E-state index is 11.4. The molecule has 0 saturated carbocycles. The summed E-state index contributed by atoms with van der Waals surface area (Å²) in [5.41, 5.74) is -0.145. The maximum absolute atomic E-state index is 11.4. The largest absolute Gasteiger partial charge is 0.503 e. The smallest absolute Gasteiger partial charge is 0.317 e. The number of likely N-dealkylation sites (N-methyl/N-ethyl adjacent to an activating group) is 1. The Morgan fingerprint density at radius 2 is 1.95 bits per heavy atom. The third-order valence-electron chi connectivity index (χ3n) is 2.60. The number of aryl methyl sites for hydroxylation is 1. The molecule has 0 atom stereocenters. The molecule has 8 heteroatoms. The van der Waals surface area contributed by atoms with Crippen LogP contribution < -0.4 is 5.43 Å². The second kappa shape index (κ2) is 6.71. The molecular formula is C12H16N2O6. The molecule has 8 nitrogen and oxygen atoms in total. The normalized spacial score (nSPS) is 10.7. The van der Waals surface area contributed by atoms with Gasteiger partial charge in [0, 0.05) is 24.8 Å². The zero-order valence-corrected chi connectivity index (χ0v) is 10.9. The SMILES string of the molecule is CN(CC(=O)O)Cc1cc(=O)c(O)cn1CCC(=O)O. The molecule has 1 aromatic rings. The quantitative estimate of drug-likeness (QED) is 0.620. The molecule has 0 fully saturated rings. The molecule has 0 saturated heterocycles. The van der Waals surface area contributed by atoms with Crippen molar-refractivity contribution in [3.05, 3.63) is 28.2 Å². The van der Waals surface area contributed by atoms with Crippen LogP contribution in [-0.4, -0.2) is 50.3 Å². The van der Waals surface area contributed by atoms with Crippen LogP contribution in [0.1, 0.15) is 12.1 Å². The van der Waals surface area contributed by atoms with E-state index in [0.29, 0.717) is 5.69 Å². The molecule has 3 N–H and O–H groups in total. The lowest BCUT2D eigenvalue weighted by molar-refractivity contribution is -0.138. The molecule has 0 spiro atoms.